The van der Waals surface area contributed by atoms with Crippen LogP contribution in [-0.4, -0.2) is 88.7 Å². The lowest BCUT2D eigenvalue weighted by molar-refractivity contribution is -0.143. The Morgan fingerprint density at radius 3 is 2.21 bits per heavy atom. The standard InChI is InChI=1S/C17H27N3O7S2/c1-3-12-27-14-4-6-15(7-5-14)29(25,26)18-13-16(17(21)22)19-8-10-20(11-9-19)28(2,23)24/h4-7,16,18H,3,8-13H2,1-2H3,(H,21,22). The van der Waals surface area contributed by atoms with Crippen LogP contribution in [0.2, 0.25) is 0 Å². The van der Waals surface area contributed by atoms with Gasteiger partial charge in [-0.3, -0.25) is 9.69 Å². The van der Waals surface area contributed by atoms with E-state index in [9.17, 15) is 26.7 Å². The lowest BCUT2D eigenvalue weighted by atomic mass is 10.2. The van der Waals surface area contributed by atoms with E-state index in [-0.39, 0.29) is 37.6 Å². The quantitative estimate of drug-likeness (QED) is 0.501. The number of benzene rings is 1. The summed E-state index contributed by atoms with van der Waals surface area (Å²) in [5.74, 6) is -0.623. The van der Waals surface area contributed by atoms with Crippen molar-refractivity contribution in [1.82, 2.24) is 13.9 Å². The first kappa shape index (κ1) is 23.5. The maximum Gasteiger partial charge on any atom is 0.322 e. The second kappa shape index (κ2) is 9.85. The number of nitrogens with one attached hydrogen (secondary N) is 1. The highest BCUT2D eigenvalue weighted by molar-refractivity contribution is 7.89. The van der Waals surface area contributed by atoms with E-state index >= 15 is 0 Å². The molecule has 1 aliphatic rings. The average Bonchev–Trinajstić information content (AvgIpc) is 2.66. The number of ether oxygens (including phenoxy) is 1. The van der Waals surface area contributed by atoms with Crippen LogP contribution >= 0.6 is 0 Å². The molecule has 1 aliphatic heterocycles. The smallest absolute Gasteiger partial charge is 0.322 e. The van der Waals surface area contributed by atoms with Gasteiger partial charge in [0.25, 0.3) is 0 Å². The Hall–Kier alpha value is -1.73. The van der Waals surface area contributed by atoms with Crippen molar-refractivity contribution < 1.29 is 31.5 Å². The molecule has 2 N–H and O–H groups in total. The van der Waals surface area contributed by atoms with Crippen LogP contribution < -0.4 is 9.46 Å². The summed E-state index contributed by atoms with van der Waals surface area (Å²) in [5.41, 5.74) is 0. The molecule has 1 atom stereocenters. The van der Waals surface area contributed by atoms with Crippen LogP contribution in [-0.2, 0) is 24.8 Å². The Morgan fingerprint density at radius 1 is 1.14 bits per heavy atom. The summed E-state index contributed by atoms with van der Waals surface area (Å²) in [6.45, 7) is 2.89. The molecule has 1 fully saturated rings. The molecule has 1 aromatic rings. The normalized spacial score (nSPS) is 17.7. The van der Waals surface area contributed by atoms with Gasteiger partial charge in [0.05, 0.1) is 17.8 Å². The van der Waals surface area contributed by atoms with Crippen LogP contribution in [0, 0.1) is 0 Å². The molecule has 1 aromatic carbocycles. The van der Waals surface area contributed by atoms with E-state index in [1.54, 1.807) is 17.0 Å². The van der Waals surface area contributed by atoms with Gasteiger partial charge < -0.3 is 9.84 Å². The molecule has 0 aliphatic carbocycles. The van der Waals surface area contributed by atoms with E-state index in [0.29, 0.717) is 12.4 Å². The topological polar surface area (TPSA) is 133 Å². The third kappa shape index (κ3) is 6.64. The van der Waals surface area contributed by atoms with Crippen LogP contribution in [0.3, 0.4) is 0 Å². The van der Waals surface area contributed by atoms with E-state index in [4.69, 9.17) is 4.74 Å². The van der Waals surface area contributed by atoms with E-state index in [1.165, 1.54) is 16.4 Å². The molecule has 0 radical (unpaired) electrons. The maximum atomic E-state index is 12.5. The highest BCUT2D eigenvalue weighted by Crippen LogP contribution is 2.16. The summed E-state index contributed by atoms with van der Waals surface area (Å²) in [6.07, 6.45) is 1.93. The molecule has 0 spiro atoms. The average molecular weight is 450 g/mol. The molecule has 164 valence electrons. The Kier molecular flexibility index (Phi) is 8.00. The molecule has 1 unspecified atom stereocenters. The lowest BCUT2D eigenvalue weighted by Crippen LogP contribution is -2.56. The first-order chi connectivity index (χ1) is 13.5. The van der Waals surface area contributed by atoms with E-state index in [1.807, 2.05) is 6.92 Å². The number of carboxylic acids is 1. The van der Waals surface area contributed by atoms with Crippen LogP contribution in [0.25, 0.3) is 0 Å². The van der Waals surface area contributed by atoms with Crippen LogP contribution in [0.4, 0.5) is 0 Å². The zero-order chi connectivity index (χ0) is 21.7. The van der Waals surface area contributed by atoms with Gasteiger partial charge in [-0.2, -0.15) is 4.31 Å². The van der Waals surface area contributed by atoms with E-state index in [2.05, 4.69) is 4.72 Å². The molecule has 29 heavy (non-hydrogen) atoms. The number of sulfonamides is 2. The van der Waals surface area contributed by atoms with Gasteiger partial charge in [0, 0.05) is 32.7 Å². The van der Waals surface area contributed by atoms with E-state index in [0.717, 1.165) is 12.7 Å². The number of rotatable bonds is 10. The molecule has 1 heterocycles. The minimum atomic E-state index is -3.90. The number of aliphatic carboxylic acids is 1. The van der Waals surface area contributed by atoms with E-state index < -0.39 is 32.1 Å². The Labute approximate surface area is 171 Å². The first-order valence-corrected chi connectivity index (χ1v) is 12.5. The molecule has 0 bridgehead atoms. The number of hydrogen-bond donors (Lipinski definition) is 2. The fourth-order valence-corrected chi connectivity index (χ4v) is 4.79. The summed E-state index contributed by atoms with van der Waals surface area (Å²) in [4.78, 5) is 13.2. The van der Waals surface area contributed by atoms with Crippen molar-refractivity contribution in [2.45, 2.75) is 24.3 Å². The molecule has 1 saturated heterocycles. The van der Waals surface area contributed by atoms with Gasteiger partial charge in [-0.15, -0.1) is 0 Å². The molecule has 12 heteroatoms. The molecule has 2 rings (SSSR count). The maximum absolute atomic E-state index is 12.5. The second-order valence-corrected chi connectivity index (χ2v) is 10.5. The molecular formula is C17H27N3O7S2. The van der Waals surface area contributed by atoms with Gasteiger partial charge in [-0.05, 0) is 30.7 Å². The van der Waals surface area contributed by atoms with Crippen molar-refractivity contribution in [2.24, 2.45) is 0 Å². The van der Waals surface area contributed by atoms with Gasteiger partial charge in [0.15, 0.2) is 0 Å². The van der Waals surface area contributed by atoms with Crippen molar-refractivity contribution in [3.63, 3.8) is 0 Å². The molecule has 10 nitrogen and oxygen atoms in total. The van der Waals surface area contributed by atoms with Gasteiger partial charge in [-0.1, -0.05) is 6.92 Å². The highest BCUT2D eigenvalue weighted by Gasteiger charge is 2.32. The summed E-state index contributed by atoms with van der Waals surface area (Å²) in [6, 6.07) is 4.79. The summed E-state index contributed by atoms with van der Waals surface area (Å²) >= 11 is 0. The zero-order valence-corrected chi connectivity index (χ0v) is 18.1. The van der Waals surface area contributed by atoms with Gasteiger partial charge in [0.2, 0.25) is 20.0 Å². The third-order valence-corrected chi connectivity index (χ3v) is 7.28. The van der Waals surface area contributed by atoms with Crippen molar-refractivity contribution in [2.75, 3.05) is 45.6 Å². The predicted molar refractivity (Wildman–Crippen MR) is 107 cm³/mol. The summed E-state index contributed by atoms with van der Waals surface area (Å²) < 4.78 is 57.2. The Bertz CT molecular complexity index is 893. The highest BCUT2D eigenvalue weighted by atomic mass is 32.2. The first-order valence-electron chi connectivity index (χ1n) is 9.19. The van der Waals surface area contributed by atoms with Crippen molar-refractivity contribution in [1.29, 1.82) is 0 Å². The second-order valence-electron chi connectivity index (χ2n) is 6.72. The molecule has 0 aromatic heterocycles. The predicted octanol–water partition coefficient (Wildman–Crippen LogP) is -0.216. The van der Waals surface area contributed by atoms with Gasteiger partial charge in [-0.25, -0.2) is 21.6 Å². The number of nitrogens with zero attached hydrogens (tertiary/aromatic N) is 2. The zero-order valence-electron chi connectivity index (χ0n) is 16.4. The fourth-order valence-electron chi connectivity index (χ4n) is 2.93. The van der Waals surface area contributed by atoms with Crippen molar-refractivity contribution in [3.8, 4) is 5.75 Å². The van der Waals surface area contributed by atoms with Gasteiger partial charge in [0.1, 0.15) is 11.8 Å². The summed E-state index contributed by atoms with van der Waals surface area (Å²) in [5, 5.41) is 9.51. The SMILES string of the molecule is CCCOc1ccc(S(=O)(=O)NCC(C(=O)O)N2CCN(S(C)(=O)=O)CC2)cc1. The largest absolute Gasteiger partial charge is 0.494 e. The monoisotopic (exact) mass is 449 g/mol. The minimum Gasteiger partial charge on any atom is -0.494 e. The van der Waals surface area contributed by atoms with Crippen LogP contribution in [0.5, 0.6) is 5.75 Å². The fraction of sp³-hybridized carbons (Fsp3) is 0.588. The van der Waals surface area contributed by atoms with Crippen LogP contribution in [0.1, 0.15) is 13.3 Å². The third-order valence-electron chi connectivity index (χ3n) is 4.54. The van der Waals surface area contributed by atoms with Crippen molar-refractivity contribution in [3.05, 3.63) is 24.3 Å². The van der Waals surface area contributed by atoms with Gasteiger partial charge >= 0.3 is 5.97 Å². The number of piperazine rings is 1. The minimum absolute atomic E-state index is 0.00684. The number of hydrogen-bond acceptors (Lipinski definition) is 7. The number of carboxylic acid groups (broad SMARTS) is 1. The molecular weight excluding hydrogens is 422 g/mol. The van der Waals surface area contributed by atoms with Crippen molar-refractivity contribution >= 4 is 26.0 Å². The number of carbonyl (C=O) groups is 1. The summed E-state index contributed by atoms with van der Waals surface area (Å²) in [7, 11) is -7.24. The molecule has 0 saturated carbocycles. The molecule has 0 amide bonds. The lowest BCUT2D eigenvalue weighted by Gasteiger charge is -2.36. The van der Waals surface area contributed by atoms with Crippen LogP contribution in [0.15, 0.2) is 29.2 Å². The Balaban J connectivity index is 2.00. The Morgan fingerprint density at radius 2 is 1.72 bits per heavy atom.